The quantitative estimate of drug-likeness (QED) is 0.133. The Hall–Kier alpha value is -6.00. The summed E-state index contributed by atoms with van der Waals surface area (Å²) in [4.78, 5) is 60.0. The van der Waals surface area contributed by atoms with Crippen LogP contribution in [0.1, 0.15) is 42.4 Å². The number of nitrogens with zero attached hydrogens (tertiary/aromatic N) is 2. The first-order chi connectivity index (χ1) is 28.9. The first-order valence-corrected chi connectivity index (χ1v) is 21.1. The topological polar surface area (TPSA) is 120 Å². The van der Waals surface area contributed by atoms with Crippen molar-refractivity contribution in [2.75, 3.05) is 32.7 Å². The van der Waals surface area contributed by atoms with E-state index in [0.29, 0.717) is 58.2 Å². The lowest BCUT2D eigenvalue weighted by atomic mass is 9.88. The Morgan fingerprint density at radius 2 is 1.32 bits per heavy atom. The van der Waals surface area contributed by atoms with E-state index in [1.807, 2.05) is 83.8 Å². The maximum absolute atomic E-state index is 14.8. The van der Waals surface area contributed by atoms with Gasteiger partial charge in [0.05, 0.1) is 6.04 Å². The molecule has 5 aromatic carbocycles. The molecule has 8 rings (SSSR count). The number of rotatable bonds is 12. The fourth-order valence-corrected chi connectivity index (χ4v) is 8.85. The number of amides is 4. The standard InChI is InChI=1S/C49H53N5O5/c55-46-43(30-37-17-20-39-13-7-8-14-42(39)29-37)51-47(56)45(52-46)44(31-34-15-18-40(19-16-34)38-11-5-2-6-12-38)54(48(57)41-21-25-50-26-22-41)32-35-23-27-53(28-24-35)49(58)59-33-36-9-3-1-4-10-36/h1-20,29,35,41,43-45,50H,21-28,30-33H2,(H,51,56)(H,52,55)/t43-,44?,45-/m0/s1. The molecule has 3 N–H and O–H groups in total. The van der Waals surface area contributed by atoms with E-state index < -0.39 is 18.1 Å². The van der Waals surface area contributed by atoms with Gasteiger partial charge in [0.2, 0.25) is 17.7 Å². The summed E-state index contributed by atoms with van der Waals surface area (Å²) in [5.41, 5.74) is 5.03. The Labute approximate surface area is 346 Å². The van der Waals surface area contributed by atoms with Crippen LogP contribution in [0.25, 0.3) is 21.9 Å². The van der Waals surface area contributed by atoms with Crippen LogP contribution in [0.5, 0.6) is 0 Å². The minimum atomic E-state index is -0.956. The van der Waals surface area contributed by atoms with Crippen LogP contribution >= 0.6 is 0 Å². The minimum absolute atomic E-state index is 0.0162. The van der Waals surface area contributed by atoms with Crippen LogP contribution in [-0.2, 0) is 38.6 Å². The highest BCUT2D eigenvalue weighted by Gasteiger charge is 2.44. The van der Waals surface area contributed by atoms with Gasteiger partial charge in [-0.15, -0.1) is 0 Å². The zero-order valence-electron chi connectivity index (χ0n) is 33.4. The highest BCUT2D eigenvalue weighted by atomic mass is 16.6. The Kier molecular flexibility index (Phi) is 12.6. The summed E-state index contributed by atoms with van der Waals surface area (Å²) in [6.45, 7) is 3.15. The monoisotopic (exact) mass is 791 g/mol. The van der Waals surface area contributed by atoms with Gasteiger partial charge in [0.15, 0.2) is 0 Å². The van der Waals surface area contributed by atoms with E-state index in [1.54, 1.807) is 4.90 Å². The van der Waals surface area contributed by atoms with Crippen LogP contribution in [0, 0.1) is 11.8 Å². The first-order valence-electron chi connectivity index (χ1n) is 21.1. The molecule has 0 aliphatic carbocycles. The van der Waals surface area contributed by atoms with Crippen molar-refractivity contribution in [1.29, 1.82) is 0 Å². The Morgan fingerprint density at radius 1 is 0.678 bits per heavy atom. The summed E-state index contributed by atoms with van der Waals surface area (Å²) in [6, 6.07) is 39.9. The van der Waals surface area contributed by atoms with E-state index in [9.17, 15) is 19.2 Å². The van der Waals surface area contributed by atoms with Crippen LogP contribution in [0.3, 0.4) is 0 Å². The van der Waals surface area contributed by atoms with Crippen molar-refractivity contribution in [3.05, 3.63) is 144 Å². The van der Waals surface area contributed by atoms with Gasteiger partial charge in [-0.25, -0.2) is 4.79 Å². The highest BCUT2D eigenvalue weighted by molar-refractivity contribution is 5.98. The number of likely N-dealkylation sites (tertiary alicyclic amines) is 1. The van der Waals surface area contributed by atoms with E-state index in [2.05, 4.69) is 64.5 Å². The maximum atomic E-state index is 14.8. The number of carbonyl (C=O) groups excluding carboxylic acids is 4. The number of ether oxygens (including phenoxy) is 1. The van der Waals surface area contributed by atoms with Gasteiger partial charge in [-0.05, 0) is 89.7 Å². The molecule has 3 heterocycles. The average molecular weight is 792 g/mol. The zero-order chi connectivity index (χ0) is 40.6. The number of fused-ring (bicyclic) bond motifs is 1. The van der Waals surface area contributed by atoms with Gasteiger partial charge >= 0.3 is 6.09 Å². The van der Waals surface area contributed by atoms with E-state index in [0.717, 1.165) is 51.7 Å². The van der Waals surface area contributed by atoms with Crippen molar-refractivity contribution in [2.24, 2.45) is 11.8 Å². The van der Waals surface area contributed by atoms with E-state index in [1.165, 1.54) is 0 Å². The molecule has 3 aliphatic rings. The summed E-state index contributed by atoms with van der Waals surface area (Å²) < 4.78 is 5.64. The molecule has 3 saturated heterocycles. The van der Waals surface area contributed by atoms with Crippen LogP contribution in [0.2, 0.25) is 0 Å². The molecule has 0 bridgehead atoms. The van der Waals surface area contributed by atoms with Crippen LogP contribution < -0.4 is 16.0 Å². The molecular formula is C49H53N5O5. The SMILES string of the molecule is O=C1N[C@@H](C(Cc2ccc(-c3ccccc3)cc2)N(CC2CCN(C(=O)OCc3ccccc3)CC2)C(=O)C2CCNCC2)C(=O)N[C@H]1Cc1ccc2ccccc2c1. The summed E-state index contributed by atoms with van der Waals surface area (Å²) in [5.74, 6) is -0.647. The molecule has 0 saturated carbocycles. The molecular weight excluding hydrogens is 739 g/mol. The number of piperidine rings is 2. The third kappa shape index (κ3) is 9.83. The van der Waals surface area contributed by atoms with Gasteiger partial charge < -0.3 is 30.5 Å². The van der Waals surface area contributed by atoms with Crippen molar-refractivity contribution >= 4 is 34.6 Å². The largest absolute Gasteiger partial charge is 0.445 e. The predicted octanol–water partition coefficient (Wildman–Crippen LogP) is 6.52. The van der Waals surface area contributed by atoms with Crippen molar-refractivity contribution in [3.63, 3.8) is 0 Å². The molecule has 0 spiro atoms. The number of hydrogen-bond acceptors (Lipinski definition) is 6. The molecule has 0 aromatic heterocycles. The smallest absolute Gasteiger partial charge is 0.410 e. The lowest BCUT2D eigenvalue weighted by Gasteiger charge is -2.44. The number of carbonyl (C=O) groups is 4. The summed E-state index contributed by atoms with van der Waals surface area (Å²) in [6.07, 6.45) is 3.17. The van der Waals surface area contributed by atoms with Crippen molar-refractivity contribution in [3.8, 4) is 11.1 Å². The molecule has 1 unspecified atom stereocenters. The van der Waals surface area contributed by atoms with Crippen molar-refractivity contribution in [2.45, 2.75) is 63.3 Å². The van der Waals surface area contributed by atoms with Gasteiger partial charge in [0.25, 0.3) is 0 Å². The van der Waals surface area contributed by atoms with Crippen LogP contribution in [-0.4, -0.2) is 84.5 Å². The van der Waals surface area contributed by atoms with Crippen LogP contribution in [0.15, 0.2) is 127 Å². The number of hydrogen-bond donors (Lipinski definition) is 3. The van der Waals surface area contributed by atoms with Gasteiger partial charge in [-0.1, -0.05) is 127 Å². The lowest BCUT2D eigenvalue weighted by Crippen LogP contribution is -2.69. The second-order valence-electron chi connectivity index (χ2n) is 16.3. The minimum Gasteiger partial charge on any atom is -0.445 e. The molecule has 3 fully saturated rings. The zero-order valence-corrected chi connectivity index (χ0v) is 33.4. The maximum Gasteiger partial charge on any atom is 0.410 e. The van der Waals surface area contributed by atoms with Gasteiger partial charge in [-0.3, -0.25) is 14.4 Å². The van der Waals surface area contributed by atoms with E-state index >= 15 is 0 Å². The van der Waals surface area contributed by atoms with E-state index in [-0.39, 0.29) is 42.3 Å². The number of nitrogens with one attached hydrogen (secondary N) is 3. The molecule has 10 nitrogen and oxygen atoms in total. The number of benzene rings is 5. The average Bonchev–Trinajstić information content (AvgIpc) is 3.29. The molecule has 10 heteroatoms. The molecule has 0 radical (unpaired) electrons. The van der Waals surface area contributed by atoms with Crippen LogP contribution in [0.4, 0.5) is 4.79 Å². The lowest BCUT2D eigenvalue weighted by molar-refractivity contribution is -0.145. The normalized spacial score (nSPS) is 19.4. The van der Waals surface area contributed by atoms with Gasteiger partial charge in [0.1, 0.15) is 18.7 Å². The van der Waals surface area contributed by atoms with Crippen molar-refractivity contribution < 1.29 is 23.9 Å². The summed E-state index contributed by atoms with van der Waals surface area (Å²) in [7, 11) is 0. The second-order valence-corrected chi connectivity index (χ2v) is 16.3. The molecule has 5 aromatic rings. The second kappa shape index (κ2) is 18.7. The van der Waals surface area contributed by atoms with E-state index in [4.69, 9.17) is 4.74 Å². The highest BCUT2D eigenvalue weighted by Crippen LogP contribution is 2.28. The van der Waals surface area contributed by atoms with Gasteiger partial charge in [0, 0.05) is 32.0 Å². The fourth-order valence-electron chi connectivity index (χ4n) is 8.85. The molecule has 3 atom stereocenters. The summed E-state index contributed by atoms with van der Waals surface area (Å²) in [5, 5.41) is 11.8. The molecule has 3 aliphatic heterocycles. The third-order valence-electron chi connectivity index (χ3n) is 12.3. The first kappa shape index (κ1) is 39.8. The molecule has 59 heavy (non-hydrogen) atoms. The molecule has 304 valence electrons. The fraction of sp³-hybridized carbons (Fsp3) is 0.347. The Balaban J connectivity index is 1.03. The third-order valence-corrected chi connectivity index (χ3v) is 12.3. The summed E-state index contributed by atoms with van der Waals surface area (Å²) >= 11 is 0. The van der Waals surface area contributed by atoms with Gasteiger partial charge in [-0.2, -0.15) is 0 Å². The number of piperazine rings is 1. The Morgan fingerprint density at radius 3 is 2.05 bits per heavy atom. The molecule has 4 amide bonds. The Bertz CT molecular complexity index is 2220. The van der Waals surface area contributed by atoms with Crippen molar-refractivity contribution in [1.82, 2.24) is 25.8 Å². The predicted molar refractivity (Wildman–Crippen MR) is 229 cm³/mol.